The van der Waals surface area contributed by atoms with E-state index in [1.54, 1.807) is 61.1 Å². The van der Waals surface area contributed by atoms with E-state index < -0.39 is 20.4 Å². The Hall–Kier alpha value is -3.00. The minimum absolute atomic E-state index is 0. The van der Waals surface area contributed by atoms with Gasteiger partial charge in [0.15, 0.2) is 0 Å². The van der Waals surface area contributed by atoms with E-state index >= 15 is 0 Å². The zero-order chi connectivity index (χ0) is 45.6. The van der Waals surface area contributed by atoms with Crippen LogP contribution in [0.3, 0.4) is 0 Å². The third-order valence-corrected chi connectivity index (χ3v) is 6.12. The van der Waals surface area contributed by atoms with Gasteiger partial charge in [-0.1, -0.05) is 22.6 Å². The van der Waals surface area contributed by atoms with Gasteiger partial charge in [-0.15, -0.1) is 0 Å². The summed E-state index contributed by atoms with van der Waals surface area (Å²) in [5, 5.41) is 16.1. The summed E-state index contributed by atoms with van der Waals surface area (Å²) in [6.45, 7) is 3.38. The van der Waals surface area contributed by atoms with Gasteiger partial charge in [0.05, 0.1) is 50.0 Å². The molecule has 0 unspecified atom stereocenters. The first-order valence-corrected chi connectivity index (χ1v) is 22.3. The van der Waals surface area contributed by atoms with E-state index in [0.29, 0.717) is 29.9 Å². The van der Waals surface area contributed by atoms with Crippen LogP contribution in [0.4, 0.5) is 0 Å². The van der Waals surface area contributed by atoms with Crippen molar-refractivity contribution in [2.24, 2.45) is 0 Å². The molecule has 0 saturated heterocycles. The molecular formula is C38H54Cl3I2N7O9S. The second-order valence-corrected chi connectivity index (χ2v) is 15.2. The maximum absolute atomic E-state index is 11.5. The number of alkyl halides is 1. The van der Waals surface area contributed by atoms with Gasteiger partial charge in [0.1, 0.15) is 19.8 Å². The number of aliphatic hydroxyl groups excluding tert-OH is 1. The van der Waals surface area contributed by atoms with Crippen LogP contribution in [0.5, 0.6) is 0 Å². The zero-order valence-corrected chi connectivity index (χ0v) is 42.1. The molecule has 0 amide bonds. The van der Waals surface area contributed by atoms with Crippen molar-refractivity contribution in [1.82, 2.24) is 29.7 Å². The maximum atomic E-state index is 11.5. The second-order valence-electron chi connectivity index (χ2n) is 12.3. The Balaban J connectivity index is -0.000000323. The van der Waals surface area contributed by atoms with E-state index in [9.17, 15) is 19.2 Å². The van der Waals surface area contributed by atoms with Crippen LogP contribution in [0, 0.1) is 0 Å². The number of pyridine rings is 4. The topological polar surface area (TPSA) is 202 Å². The number of carbonyl (C=O) groups excluding carboxylic acids is 3. The number of nitrogens with zero attached hydrogens (tertiary/aromatic N) is 7. The average molecular weight is 1150 g/mol. The van der Waals surface area contributed by atoms with Crippen molar-refractivity contribution >= 4 is 87.9 Å². The molecule has 4 aromatic heterocycles. The van der Waals surface area contributed by atoms with Crippen molar-refractivity contribution in [2.75, 3.05) is 93.7 Å². The van der Waals surface area contributed by atoms with Gasteiger partial charge in [-0.05, 0) is 93.3 Å². The van der Waals surface area contributed by atoms with Crippen LogP contribution < -0.4 is 24.0 Å². The minimum Gasteiger partial charge on any atom is -1.00 e. The number of hydrogen-bond donors (Lipinski definition) is 2. The monoisotopic (exact) mass is 1140 g/mol. The quantitative estimate of drug-likeness (QED) is 0.0689. The van der Waals surface area contributed by atoms with Crippen molar-refractivity contribution in [3.63, 3.8) is 0 Å². The SMILES string of the molecule is CI.CN(C)CCO.CN(C)CCOC(=O)c1cccnc1.C[N+](C)(C)CCOC(=O)c1cccnc1.O=C(Cl)c1cccnc1.O=C(O)c1cccnc1.O=S(Cl)Cl.[I-]. The fourth-order valence-corrected chi connectivity index (χ4v) is 3.15. The van der Waals surface area contributed by atoms with Crippen LogP contribution in [0.2, 0.25) is 0 Å². The van der Waals surface area contributed by atoms with Gasteiger partial charge in [-0.25, -0.2) is 18.6 Å². The molecule has 0 aliphatic heterocycles. The number of quaternary nitrogens is 1. The van der Waals surface area contributed by atoms with E-state index in [1.165, 1.54) is 37.1 Å². The summed E-state index contributed by atoms with van der Waals surface area (Å²) < 4.78 is 20.0. The van der Waals surface area contributed by atoms with Gasteiger partial charge in [0.25, 0.3) is 5.24 Å². The molecule has 336 valence electrons. The lowest BCUT2D eigenvalue weighted by atomic mass is 10.3. The average Bonchev–Trinajstić information content (AvgIpc) is 3.20. The highest BCUT2D eigenvalue weighted by Gasteiger charge is 2.11. The molecule has 4 aromatic rings. The van der Waals surface area contributed by atoms with E-state index in [2.05, 4.69) is 85.0 Å². The fraction of sp³-hybridized carbons (Fsp3) is 0.368. The molecule has 4 heterocycles. The summed E-state index contributed by atoms with van der Waals surface area (Å²) in [7, 11) is 21.2. The van der Waals surface area contributed by atoms with Gasteiger partial charge in [0.2, 0.25) is 9.23 Å². The Morgan fingerprint density at radius 1 is 0.683 bits per heavy atom. The number of carboxylic acid groups (broad SMARTS) is 1. The zero-order valence-electron chi connectivity index (χ0n) is 34.7. The number of rotatable bonds is 12. The molecule has 0 bridgehead atoms. The predicted octanol–water partition coefficient (Wildman–Crippen LogP) is 2.62. The highest BCUT2D eigenvalue weighted by atomic mass is 127. The normalized spacial score (nSPS) is 9.53. The van der Waals surface area contributed by atoms with Crippen LogP contribution in [0.25, 0.3) is 0 Å². The summed E-state index contributed by atoms with van der Waals surface area (Å²) in [4.78, 5) is 64.2. The number of halogens is 5. The highest BCUT2D eigenvalue weighted by Crippen LogP contribution is 2.01. The van der Waals surface area contributed by atoms with Gasteiger partial charge < -0.3 is 57.9 Å². The molecule has 16 nitrogen and oxygen atoms in total. The standard InChI is InChI=1S/C11H17N2O2.C10H14N2O2.C6H4ClNO.C6H5NO2.C4H11NO.CH3I.Cl2OS.HI/c1-13(2,3)7-8-15-11(14)10-5-4-6-12-9-10;1-12(2)6-7-14-10(13)9-4-3-5-11-8-9;7-6(9)5-2-1-3-8-4-5;8-6(9)5-2-1-3-7-4-5;1-5(2)3-4-6;1-2;1-4(2)3;/h4-6,9H,7-8H2,1-3H3;3-5,8H,6-7H2,1-2H3;1-4H;1-4H,(H,8,9);6H,3-4H2,1-2H3;1H3;;1H/q+1;;;;;;;/p-1. The van der Waals surface area contributed by atoms with Crippen molar-refractivity contribution in [3.05, 3.63) is 120 Å². The van der Waals surface area contributed by atoms with Crippen molar-refractivity contribution in [3.8, 4) is 0 Å². The molecule has 4 rings (SSSR count). The number of aromatic carboxylic acids is 1. The summed E-state index contributed by atoms with van der Waals surface area (Å²) in [6, 6.07) is 13.2. The molecule has 60 heavy (non-hydrogen) atoms. The first-order chi connectivity index (χ1) is 27.8. The first kappa shape index (κ1) is 63.6. The summed E-state index contributed by atoms with van der Waals surface area (Å²) >= 11 is 7.27. The van der Waals surface area contributed by atoms with E-state index in [0.717, 1.165) is 24.1 Å². The number of carboxylic acids is 1. The Bertz CT molecular complexity index is 1640. The minimum atomic E-state index is -1.67. The van der Waals surface area contributed by atoms with Gasteiger partial charge in [-0.2, -0.15) is 0 Å². The fourth-order valence-electron chi connectivity index (χ4n) is 3.04. The molecule has 0 aromatic carbocycles. The molecular weight excluding hydrogens is 1090 g/mol. The lowest BCUT2D eigenvalue weighted by Gasteiger charge is -2.23. The lowest BCUT2D eigenvalue weighted by molar-refractivity contribution is -0.870. The van der Waals surface area contributed by atoms with E-state index in [4.69, 9.17) is 35.5 Å². The molecule has 2 N–H and O–H groups in total. The number of ether oxygens (including phenoxy) is 2. The van der Waals surface area contributed by atoms with Crippen LogP contribution in [0.1, 0.15) is 41.4 Å². The Labute approximate surface area is 400 Å². The number of esters is 2. The van der Waals surface area contributed by atoms with Crippen LogP contribution >= 0.6 is 55.6 Å². The van der Waals surface area contributed by atoms with Gasteiger partial charge in [0, 0.05) is 84.0 Å². The molecule has 0 aliphatic carbocycles. The summed E-state index contributed by atoms with van der Waals surface area (Å²) in [5.74, 6) is -1.57. The van der Waals surface area contributed by atoms with E-state index in [-0.39, 0.29) is 48.1 Å². The smallest absolute Gasteiger partial charge is 0.339 e. The number of carbonyl (C=O) groups is 4. The number of hydrogen-bond acceptors (Lipinski definition) is 14. The van der Waals surface area contributed by atoms with Gasteiger partial charge in [-0.3, -0.25) is 24.7 Å². The van der Waals surface area contributed by atoms with Crippen molar-refractivity contribution in [2.45, 2.75) is 0 Å². The predicted molar refractivity (Wildman–Crippen MR) is 242 cm³/mol. The van der Waals surface area contributed by atoms with Crippen LogP contribution in [0.15, 0.2) is 98.1 Å². The first-order valence-electron chi connectivity index (χ1n) is 17.0. The number of aromatic nitrogens is 4. The van der Waals surface area contributed by atoms with Crippen LogP contribution in [-0.2, 0) is 18.7 Å². The second kappa shape index (κ2) is 41.4. The Morgan fingerprint density at radius 2 is 1.02 bits per heavy atom. The maximum Gasteiger partial charge on any atom is 0.339 e. The number of likely N-dealkylation sites (N-methyl/N-ethyl adjacent to an activating group) is 3. The van der Waals surface area contributed by atoms with Crippen LogP contribution in [-0.4, -0.2) is 166 Å². The molecule has 0 atom stereocenters. The Kier molecular flexibility index (Phi) is 43.9. The van der Waals surface area contributed by atoms with Crippen molar-refractivity contribution < 1.29 is 71.5 Å². The van der Waals surface area contributed by atoms with Gasteiger partial charge >= 0.3 is 17.9 Å². The summed E-state index contributed by atoms with van der Waals surface area (Å²) in [6.07, 6.45) is 12.1. The number of aliphatic hydroxyl groups is 1. The summed E-state index contributed by atoms with van der Waals surface area (Å²) in [5.41, 5.74) is 1.64. The Morgan fingerprint density at radius 3 is 1.23 bits per heavy atom. The molecule has 0 radical (unpaired) electrons. The molecule has 22 heteroatoms. The highest BCUT2D eigenvalue weighted by molar-refractivity contribution is 14.1. The van der Waals surface area contributed by atoms with E-state index in [1.807, 2.05) is 42.9 Å². The molecule has 0 fully saturated rings. The largest absolute Gasteiger partial charge is 1.00 e. The molecule has 0 aliphatic rings. The lowest BCUT2D eigenvalue weighted by Crippen LogP contribution is -3.00. The molecule has 0 saturated carbocycles. The third kappa shape index (κ3) is 43.1. The molecule has 0 spiro atoms. The third-order valence-electron chi connectivity index (χ3n) is 5.91. The van der Waals surface area contributed by atoms with Crippen molar-refractivity contribution in [1.29, 1.82) is 0 Å².